The summed E-state index contributed by atoms with van der Waals surface area (Å²) in [5.74, 6) is 0.901. The summed E-state index contributed by atoms with van der Waals surface area (Å²) in [5, 5.41) is 17.6. The van der Waals surface area contributed by atoms with Crippen LogP contribution < -0.4 is 16.0 Å². The average Bonchev–Trinajstić information content (AvgIpc) is 3.23. The van der Waals surface area contributed by atoms with Crippen LogP contribution in [-0.2, 0) is 4.79 Å². The highest BCUT2D eigenvalue weighted by Gasteiger charge is 2.16. The topological polar surface area (TPSA) is 120 Å². The third-order valence-corrected chi connectivity index (χ3v) is 5.33. The van der Waals surface area contributed by atoms with Crippen molar-refractivity contribution in [3.8, 4) is 0 Å². The largest absolute Gasteiger partial charge is 0.351 e. The Hall–Kier alpha value is -3.33. The van der Waals surface area contributed by atoms with Gasteiger partial charge in [0.05, 0.1) is 17.4 Å². The first-order chi connectivity index (χ1) is 14.6. The van der Waals surface area contributed by atoms with Gasteiger partial charge in [-0.2, -0.15) is 5.10 Å². The predicted molar refractivity (Wildman–Crippen MR) is 118 cm³/mol. The van der Waals surface area contributed by atoms with Crippen LogP contribution >= 0.6 is 0 Å². The first-order valence-corrected chi connectivity index (χ1v) is 10.2. The van der Waals surface area contributed by atoms with E-state index in [1.54, 1.807) is 13.1 Å². The second-order valence-electron chi connectivity index (χ2n) is 7.55. The van der Waals surface area contributed by atoms with Crippen LogP contribution in [0, 0.1) is 12.8 Å². The molecule has 4 N–H and O–H groups in total. The molecule has 0 atom stereocenters. The fourth-order valence-corrected chi connectivity index (χ4v) is 3.52. The lowest BCUT2D eigenvalue weighted by atomic mass is 9.98. The minimum absolute atomic E-state index is 0.164. The van der Waals surface area contributed by atoms with Crippen molar-refractivity contribution in [1.82, 2.24) is 30.8 Å². The van der Waals surface area contributed by atoms with Gasteiger partial charge in [-0.15, -0.1) is 0 Å². The van der Waals surface area contributed by atoms with Gasteiger partial charge in [0.1, 0.15) is 17.7 Å². The van der Waals surface area contributed by atoms with E-state index in [1.807, 2.05) is 25.1 Å². The number of anilines is 2. The van der Waals surface area contributed by atoms with Gasteiger partial charge in [-0.05, 0) is 63.9 Å². The Morgan fingerprint density at radius 1 is 1.27 bits per heavy atom. The number of carbonyl (C=O) groups is 1. The highest BCUT2D eigenvalue weighted by molar-refractivity contribution is 6.38. The molecule has 0 radical (unpaired) electrons. The number of rotatable bonds is 6. The third-order valence-electron chi connectivity index (χ3n) is 5.33. The summed E-state index contributed by atoms with van der Waals surface area (Å²) in [7, 11) is 0. The van der Waals surface area contributed by atoms with Crippen molar-refractivity contribution < 1.29 is 4.79 Å². The number of amides is 1. The van der Waals surface area contributed by atoms with E-state index in [0.29, 0.717) is 35.4 Å². The number of benzene rings is 1. The van der Waals surface area contributed by atoms with E-state index >= 15 is 0 Å². The van der Waals surface area contributed by atoms with E-state index < -0.39 is 0 Å². The van der Waals surface area contributed by atoms with Crippen molar-refractivity contribution in [1.29, 1.82) is 0 Å². The number of fused-ring (bicyclic) bond motifs is 1. The molecule has 1 aliphatic heterocycles. The number of nitrogens with one attached hydrogen (secondary N) is 4. The zero-order valence-electron chi connectivity index (χ0n) is 17.2. The normalized spacial score (nSPS) is 15.3. The van der Waals surface area contributed by atoms with Gasteiger partial charge in [0, 0.05) is 17.6 Å². The second-order valence-corrected chi connectivity index (χ2v) is 7.55. The summed E-state index contributed by atoms with van der Waals surface area (Å²) in [5.41, 5.74) is 3.45. The Bertz CT molecular complexity index is 1070. The molecule has 1 aliphatic rings. The van der Waals surface area contributed by atoms with Gasteiger partial charge in [0.15, 0.2) is 5.82 Å². The number of aliphatic imine (C=N–C) groups is 1. The fraction of sp³-hybridized carbons (Fsp3) is 0.381. The molecule has 3 heterocycles. The van der Waals surface area contributed by atoms with E-state index in [1.165, 1.54) is 6.33 Å². The van der Waals surface area contributed by atoms with Crippen LogP contribution in [0.25, 0.3) is 10.9 Å². The van der Waals surface area contributed by atoms with Gasteiger partial charge in [0.2, 0.25) is 0 Å². The lowest BCUT2D eigenvalue weighted by Crippen LogP contribution is -2.38. The highest BCUT2D eigenvalue weighted by atomic mass is 16.1. The predicted octanol–water partition coefficient (Wildman–Crippen LogP) is 2.61. The quantitative estimate of drug-likeness (QED) is 0.467. The van der Waals surface area contributed by atoms with Gasteiger partial charge in [-0.1, -0.05) is 0 Å². The Balaban J connectivity index is 1.50. The Morgan fingerprint density at radius 2 is 2.10 bits per heavy atom. The van der Waals surface area contributed by atoms with Crippen molar-refractivity contribution in [3.63, 3.8) is 0 Å². The molecule has 1 amide bonds. The van der Waals surface area contributed by atoms with Crippen molar-refractivity contribution in [3.05, 3.63) is 36.4 Å². The SMILES string of the molecule is CC(=Nc1c(C)ncnc1Nc1ccc2[nH]ncc2c1)C(=O)NCC1CCNCC1. The number of aromatic amines is 1. The second kappa shape index (κ2) is 9.00. The van der Waals surface area contributed by atoms with Crippen LogP contribution in [0.1, 0.15) is 25.5 Å². The molecule has 9 heteroatoms. The van der Waals surface area contributed by atoms with E-state index in [0.717, 1.165) is 42.5 Å². The lowest BCUT2D eigenvalue weighted by Gasteiger charge is -2.22. The van der Waals surface area contributed by atoms with Crippen LogP contribution in [-0.4, -0.2) is 51.4 Å². The molecule has 0 spiro atoms. The summed E-state index contributed by atoms with van der Waals surface area (Å²) in [6, 6.07) is 5.85. The summed E-state index contributed by atoms with van der Waals surface area (Å²) < 4.78 is 0. The van der Waals surface area contributed by atoms with Crippen LogP contribution in [0.3, 0.4) is 0 Å². The number of aromatic nitrogens is 4. The zero-order chi connectivity index (χ0) is 20.9. The van der Waals surface area contributed by atoms with Gasteiger partial charge < -0.3 is 16.0 Å². The Morgan fingerprint density at radius 3 is 2.93 bits per heavy atom. The first kappa shape index (κ1) is 20.0. The van der Waals surface area contributed by atoms with Crippen LogP contribution in [0.2, 0.25) is 0 Å². The van der Waals surface area contributed by atoms with Crippen LogP contribution in [0.4, 0.5) is 17.2 Å². The third kappa shape index (κ3) is 4.62. The zero-order valence-corrected chi connectivity index (χ0v) is 17.2. The van der Waals surface area contributed by atoms with Crippen LogP contribution in [0.15, 0.2) is 35.7 Å². The minimum atomic E-state index is -0.164. The van der Waals surface area contributed by atoms with Gasteiger partial charge in [0.25, 0.3) is 5.91 Å². The number of piperidine rings is 1. The van der Waals surface area contributed by atoms with Crippen molar-refractivity contribution in [2.24, 2.45) is 10.9 Å². The summed E-state index contributed by atoms with van der Waals surface area (Å²) >= 11 is 0. The molecule has 2 aromatic heterocycles. The van der Waals surface area contributed by atoms with E-state index in [2.05, 4.69) is 41.1 Å². The van der Waals surface area contributed by atoms with Gasteiger partial charge in [-0.3, -0.25) is 9.89 Å². The Kier molecular flexibility index (Phi) is 5.99. The van der Waals surface area contributed by atoms with Crippen LogP contribution in [0.5, 0.6) is 0 Å². The molecule has 9 nitrogen and oxygen atoms in total. The number of aryl methyl sites for hydroxylation is 1. The number of H-pyrrole nitrogens is 1. The lowest BCUT2D eigenvalue weighted by molar-refractivity contribution is -0.115. The molecular formula is C21H26N8O. The summed E-state index contributed by atoms with van der Waals surface area (Å²) in [6.45, 7) is 6.26. The molecule has 1 saturated heterocycles. The maximum atomic E-state index is 12.6. The average molecular weight is 406 g/mol. The smallest absolute Gasteiger partial charge is 0.265 e. The van der Waals surface area contributed by atoms with Gasteiger partial charge in [-0.25, -0.2) is 15.0 Å². The molecule has 30 heavy (non-hydrogen) atoms. The number of hydrogen-bond donors (Lipinski definition) is 4. The van der Waals surface area contributed by atoms with Crippen molar-refractivity contribution >= 4 is 39.7 Å². The maximum absolute atomic E-state index is 12.6. The fourth-order valence-electron chi connectivity index (χ4n) is 3.52. The first-order valence-electron chi connectivity index (χ1n) is 10.2. The molecule has 1 fully saturated rings. The van der Waals surface area contributed by atoms with Crippen molar-refractivity contribution in [2.75, 3.05) is 25.0 Å². The molecule has 156 valence electrons. The van der Waals surface area contributed by atoms with E-state index in [-0.39, 0.29) is 5.91 Å². The highest BCUT2D eigenvalue weighted by Crippen LogP contribution is 2.29. The molecule has 4 rings (SSSR count). The molecule has 3 aromatic rings. The van der Waals surface area contributed by atoms with E-state index in [9.17, 15) is 4.79 Å². The van der Waals surface area contributed by atoms with Crippen molar-refractivity contribution in [2.45, 2.75) is 26.7 Å². The Labute approximate surface area is 174 Å². The number of carbonyl (C=O) groups excluding carboxylic acids is 1. The maximum Gasteiger partial charge on any atom is 0.265 e. The molecule has 1 aromatic carbocycles. The molecule has 0 aliphatic carbocycles. The summed E-state index contributed by atoms with van der Waals surface area (Å²) in [6.07, 6.45) is 5.41. The monoisotopic (exact) mass is 406 g/mol. The standard InChI is InChI=1S/C21H26N8O/c1-13-19(27-14(2)21(30)23-10-15-5-7-22-8-6-15)20(25-12-24-13)28-17-3-4-18-16(9-17)11-26-29-18/h3-4,9,11-12,15,22H,5-8,10H2,1-2H3,(H,23,30)(H,26,29)(H,24,25,28). The molecular weight excluding hydrogens is 380 g/mol. The number of nitrogens with zero attached hydrogens (tertiary/aromatic N) is 4. The minimum Gasteiger partial charge on any atom is -0.351 e. The number of hydrogen-bond acceptors (Lipinski definition) is 7. The molecule has 0 bridgehead atoms. The summed E-state index contributed by atoms with van der Waals surface area (Å²) in [4.78, 5) is 25.7. The van der Waals surface area contributed by atoms with Gasteiger partial charge >= 0.3 is 0 Å². The molecule has 0 unspecified atom stereocenters. The molecule has 0 saturated carbocycles. The van der Waals surface area contributed by atoms with E-state index in [4.69, 9.17) is 0 Å².